The molecule has 0 unspecified atom stereocenters. The molecule has 4 aromatic rings. The summed E-state index contributed by atoms with van der Waals surface area (Å²) in [7, 11) is 0. The zero-order chi connectivity index (χ0) is 15.6. The predicted octanol–water partition coefficient (Wildman–Crippen LogP) is 3.56. The van der Waals surface area contributed by atoms with Crippen LogP contribution >= 0.6 is 11.3 Å². The van der Waals surface area contributed by atoms with Crippen molar-refractivity contribution in [3.05, 3.63) is 65.2 Å². The van der Waals surface area contributed by atoms with Crippen molar-refractivity contribution in [1.82, 2.24) is 24.8 Å². The Kier molecular flexibility index (Phi) is 3.39. The van der Waals surface area contributed by atoms with Crippen molar-refractivity contribution in [1.29, 1.82) is 0 Å². The predicted molar refractivity (Wildman–Crippen MR) is 87.2 cm³/mol. The van der Waals surface area contributed by atoms with Crippen LogP contribution in [0.1, 0.15) is 10.6 Å². The molecular weight excluding hydrogens is 313 g/mol. The summed E-state index contributed by atoms with van der Waals surface area (Å²) in [5, 5.41) is 13.4. The first kappa shape index (κ1) is 13.7. The Morgan fingerprint density at radius 2 is 2.04 bits per heavy atom. The Bertz CT molecular complexity index is 990. The van der Waals surface area contributed by atoms with Crippen molar-refractivity contribution in [3.8, 4) is 11.4 Å². The highest BCUT2D eigenvalue weighted by atomic mass is 32.1. The maximum atomic E-state index is 13.4. The highest BCUT2D eigenvalue weighted by Gasteiger charge is 2.12. The van der Waals surface area contributed by atoms with E-state index in [1.807, 2.05) is 24.3 Å². The van der Waals surface area contributed by atoms with Gasteiger partial charge in [0.15, 0.2) is 5.82 Å². The molecule has 5 nitrogen and oxygen atoms in total. The van der Waals surface area contributed by atoms with Gasteiger partial charge in [0.1, 0.15) is 10.8 Å². The fourth-order valence-corrected chi connectivity index (χ4v) is 2.89. The summed E-state index contributed by atoms with van der Waals surface area (Å²) in [6.45, 7) is 0. The largest absolute Gasteiger partial charge is 0.264 e. The standard InChI is InChI=1S/C16H10FN5S/c17-13-5-1-4-12(9-13)15-19-20-16-22(15)21-14(23-16)7-6-11-3-2-8-18-10-11/h1-10H. The number of fused-ring (bicyclic) bond motifs is 1. The first-order valence-electron chi connectivity index (χ1n) is 6.86. The van der Waals surface area contributed by atoms with Gasteiger partial charge in [-0.15, -0.1) is 10.2 Å². The number of rotatable bonds is 3. The fourth-order valence-electron chi connectivity index (χ4n) is 2.15. The number of halogens is 1. The summed E-state index contributed by atoms with van der Waals surface area (Å²) in [5.41, 5.74) is 1.63. The number of hydrogen-bond acceptors (Lipinski definition) is 5. The molecule has 0 amide bonds. The van der Waals surface area contributed by atoms with E-state index in [-0.39, 0.29) is 5.82 Å². The van der Waals surface area contributed by atoms with Gasteiger partial charge in [-0.25, -0.2) is 4.39 Å². The Labute approximate surface area is 134 Å². The molecule has 23 heavy (non-hydrogen) atoms. The molecule has 0 saturated heterocycles. The topological polar surface area (TPSA) is 56.0 Å². The van der Waals surface area contributed by atoms with Crippen LogP contribution in [-0.4, -0.2) is 24.8 Å². The highest BCUT2D eigenvalue weighted by Crippen LogP contribution is 2.23. The molecule has 0 bridgehead atoms. The molecule has 7 heteroatoms. The minimum Gasteiger partial charge on any atom is -0.264 e. The average molecular weight is 323 g/mol. The van der Waals surface area contributed by atoms with Crippen molar-refractivity contribution in [2.45, 2.75) is 0 Å². The average Bonchev–Trinajstić information content (AvgIpc) is 3.14. The lowest BCUT2D eigenvalue weighted by Gasteiger charge is -1.96. The van der Waals surface area contributed by atoms with Gasteiger partial charge in [-0.05, 0) is 29.8 Å². The van der Waals surface area contributed by atoms with Gasteiger partial charge in [-0.3, -0.25) is 4.98 Å². The van der Waals surface area contributed by atoms with Crippen molar-refractivity contribution in [3.63, 3.8) is 0 Å². The molecule has 0 atom stereocenters. The van der Waals surface area contributed by atoms with Gasteiger partial charge in [-0.2, -0.15) is 9.61 Å². The zero-order valence-corrected chi connectivity index (χ0v) is 12.6. The van der Waals surface area contributed by atoms with Gasteiger partial charge in [0.2, 0.25) is 4.96 Å². The third-order valence-corrected chi connectivity index (χ3v) is 4.06. The summed E-state index contributed by atoms with van der Waals surface area (Å²) >= 11 is 1.41. The Balaban J connectivity index is 1.71. The Morgan fingerprint density at radius 1 is 1.09 bits per heavy atom. The molecule has 112 valence electrons. The molecule has 3 heterocycles. The molecule has 0 fully saturated rings. The minimum absolute atomic E-state index is 0.314. The molecule has 0 saturated carbocycles. The van der Waals surface area contributed by atoms with Gasteiger partial charge in [0.25, 0.3) is 0 Å². The maximum absolute atomic E-state index is 13.4. The molecular formula is C16H10FN5S. The number of aromatic nitrogens is 5. The van der Waals surface area contributed by atoms with E-state index in [0.717, 1.165) is 10.6 Å². The first-order chi connectivity index (χ1) is 11.3. The van der Waals surface area contributed by atoms with Crippen LogP contribution in [-0.2, 0) is 0 Å². The van der Waals surface area contributed by atoms with Crippen molar-refractivity contribution >= 4 is 28.4 Å². The fraction of sp³-hybridized carbons (Fsp3) is 0. The van der Waals surface area contributed by atoms with Crippen LogP contribution in [0.25, 0.3) is 28.5 Å². The van der Waals surface area contributed by atoms with Gasteiger partial charge >= 0.3 is 0 Å². The smallest absolute Gasteiger partial charge is 0.235 e. The van der Waals surface area contributed by atoms with Crippen LogP contribution in [0, 0.1) is 5.82 Å². The minimum atomic E-state index is -0.314. The van der Waals surface area contributed by atoms with Gasteiger partial charge in [0.05, 0.1) is 0 Å². The van der Waals surface area contributed by atoms with E-state index >= 15 is 0 Å². The Hall–Kier alpha value is -2.93. The highest BCUT2D eigenvalue weighted by molar-refractivity contribution is 7.17. The molecule has 0 aliphatic carbocycles. The van der Waals surface area contributed by atoms with E-state index in [9.17, 15) is 4.39 Å². The SMILES string of the molecule is Fc1cccc(-c2nnc3sc(C=Cc4cccnc4)nn23)c1. The second kappa shape index (κ2) is 5.69. The molecule has 0 spiro atoms. The summed E-state index contributed by atoms with van der Waals surface area (Å²) < 4.78 is 15.0. The van der Waals surface area contributed by atoms with Gasteiger partial charge < -0.3 is 0 Å². The monoisotopic (exact) mass is 323 g/mol. The van der Waals surface area contributed by atoms with Crippen LogP contribution in [0.4, 0.5) is 4.39 Å². The molecule has 0 radical (unpaired) electrons. The third kappa shape index (κ3) is 2.74. The summed E-state index contributed by atoms with van der Waals surface area (Å²) in [6.07, 6.45) is 7.33. The zero-order valence-electron chi connectivity index (χ0n) is 11.8. The number of nitrogens with zero attached hydrogens (tertiary/aromatic N) is 5. The molecule has 4 rings (SSSR count). The number of hydrogen-bond donors (Lipinski definition) is 0. The van der Waals surface area contributed by atoms with E-state index in [1.54, 1.807) is 29.0 Å². The van der Waals surface area contributed by atoms with Crippen LogP contribution < -0.4 is 0 Å². The second-order valence-electron chi connectivity index (χ2n) is 4.79. The van der Waals surface area contributed by atoms with E-state index in [1.165, 1.54) is 23.5 Å². The molecule has 0 N–H and O–H groups in total. The van der Waals surface area contributed by atoms with E-state index in [4.69, 9.17) is 0 Å². The lowest BCUT2D eigenvalue weighted by atomic mass is 10.2. The number of benzene rings is 1. The summed E-state index contributed by atoms with van der Waals surface area (Å²) in [5.74, 6) is 0.211. The van der Waals surface area contributed by atoms with Crippen LogP contribution in [0.15, 0.2) is 48.8 Å². The van der Waals surface area contributed by atoms with E-state index in [0.29, 0.717) is 16.3 Å². The van der Waals surface area contributed by atoms with Crippen molar-refractivity contribution < 1.29 is 4.39 Å². The van der Waals surface area contributed by atoms with Crippen LogP contribution in [0.3, 0.4) is 0 Å². The second-order valence-corrected chi connectivity index (χ2v) is 5.78. The molecule has 1 aromatic carbocycles. The van der Waals surface area contributed by atoms with Crippen molar-refractivity contribution in [2.75, 3.05) is 0 Å². The molecule has 0 aliphatic rings. The first-order valence-corrected chi connectivity index (χ1v) is 7.67. The third-order valence-electron chi connectivity index (χ3n) is 3.19. The maximum Gasteiger partial charge on any atom is 0.235 e. The summed E-state index contributed by atoms with van der Waals surface area (Å²) in [6, 6.07) is 10.1. The lowest BCUT2D eigenvalue weighted by Crippen LogP contribution is -1.91. The molecule has 0 aliphatic heterocycles. The lowest BCUT2D eigenvalue weighted by molar-refractivity contribution is 0.628. The van der Waals surface area contributed by atoms with E-state index < -0.39 is 0 Å². The van der Waals surface area contributed by atoms with Gasteiger partial charge in [0, 0.05) is 18.0 Å². The normalized spacial score (nSPS) is 11.5. The molecule has 3 aromatic heterocycles. The van der Waals surface area contributed by atoms with Gasteiger partial charge in [-0.1, -0.05) is 35.6 Å². The Morgan fingerprint density at radius 3 is 2.87 bits per heavy atom. The quantitative estimate of drug-likeness (QED) is 0.578. The van der Waals surface area contributed by atoms with E-state index in [2.05, 4.69) is 20.3 Å². The van der Waals surface area contributed by atoms with Crippen molar-refractivity contribution in [2.24, 2.45) is 0 Å². The summed E-state index contributed by atoms with van der Waals surface area (Å²) in [4.78, 5) is 4.72. The van der Waals surface area contributed by atoms with Crippen LogP contribution in [0.2, 0.25) is 0 Å². The van der Waals surface area contributed by atoms with Crippen LogP contribution in [0.5, 0.6) is 0 Å². The number of pyridine rings is 1.